The fraction of sp³-hybridized carbons (Fsp3) is 0.105. The Morgan fingerprint density at radius 3 is 2.43 bits per heavy atom. The van der Waals surface area contributed by atoms with Crippen LogP contribution in [0.1, 0.15) is 26.3 Å². The Hall–Kier alpha value is -2.98. The molecule has 1 unspecified atom stereocenters. The summed E-state index contributed by atoms with van der Waals surface area (Å²) in [5, 5.41) is 5.70. The summed E-state index contributed by atoms with van der Waals surface area (Å²) in [4.78, 5) is 28.8. The van der Waals surface area contributed by atoms with Crippen molar-refractivity contribution in [3.05, 3.63) is 75.6 Å². The first-order valence-electron chi connectivity index (χ1n) is 8.23. The number of nitrogens with zero attached hydrogens (tertiary/aromatic N) is 1. The van der Waals surface area contributed by atoms with Crippen molar-refractivity contribution in [2.75, 3.05) is 10.6 Å². The summed E-state index contributed by atoms with van der Waals surface area (Å²) in [5.41, 5.74) is -0.00591. The number of carbonyl (C=O) groups excluding carboxylic acids is 2. The fourth-order valence-corrected chi connectivity index (χ4v) is 3.53. The Bertz CT molecular complexity index is 1130. The number of nitrogens with one attached hydrogen (secondary N) is 2. The number of alkyl halides is 3. The number of anilines is 2. The lowest BCUT2D eigenvalue weighted by Gasteiger charge is -2.11. The van der Waals surface area contributed by atoms with E-state index in [9.17, 15) is 27.2 Å². The number of thiazole rings is 1. The molecule has 0 radical (unpaired) electrons. The second-order valence-electron chi connectivity index (χ2n) is 6.13. The molecule has 1 heterocycles. The highest BCUT2D eigenvalue weighted by Crippen LogP contribution is 2.31. The normalized spacial score (nSPS) is 11.9. The second kappa shape index (κ2) is 8.41. The van der Waals surface area contributed by atoms with Crippen LogP contribution in [0, 0.1) is 5.82 Å². The first kappa shape index (κ1) is 21.7. The molecule has 3 rings (SSSR count). The molecule has 0 bridgehead atoms. The Morgan fingerprint density at radius 1 is 1.07 bits per heavy atom. The van der Waals surface area contributed by atoms with Gasteiger partial charge in [-0.25, -0.2) is 9.37 Å². The minimum atomic E-state index is -4.81. The molecule has 0 spiro atoms. The van der Waals surface area contributed by atoms with Crippen molar-refractivity contribution in [2.24, 2.45) is 6.26 Å². The molecule has 11 heteroatoms. The molecule has 2 N–H and O–H groups in total. The third kappa shape index (κ3) is 4.95. The van der Waals surface area contributed by atoms with E-state index in [1.54, 1.807) is 5.51 Å². The van der Waals surface area contributed by atoms with Crippen LogP contribution in [0.15, 0.2) is 48.1 Å². The molecule has 156 valence electrons. The van der Waals surface area contributed by atoms with Crippen LogP contribution in [-0.4, -0.2) is 16.8 Å². The van der Waals surface area contributed by atoms with Crippen molar-refractivity contribution in [2.45, 2.75) is 6.18 Å². The number of carbonyl (C=O) groups is 2. The van der Waals surface area contributed by atoms with Gasteiger partial charge in [-0.05, 0) is 36.4 Å². The number of aryl methyl sites for hydroxylation is 1. The van der Waals surface area contributed by atoms with Gasteiger partial charge < -0.3 is 5.32 Å². The maximum atomic E-state index is 13.5. The maximum absolute atomic E-state index is 13.5. The molecular formula is C19H13ClF4N3O2S+. The molecule has 0 aliphatic rings. The lowest BCUT2D eigenvalue weighted by Crippen LogP contribution is -2.16. The Kier molecular flexibility index (Phi) is 6.09. The Balaban J connectivity index is 1.83. The van der Waals surface area contributed by atoms with Crippen LogP contribution < -0.4 is 10.6 Å². The molecule has 0 saturated carbocycles. The fourth-order valence-electron chi connectivity index (χ4n) is 2.49. The van der Waals surface area contributed by atoms with Gasteiger partial charge in [0.15, 0.2) is 0 Å². The van der Waals surface area contributed by atoms with Crippen molar-refractivity contribution < 1.29 is 27.2 Å². The van der Waals surface area contributed by atoms with Crippen molar-refractivity contribution in [1.82, 2.24) is 4.98 Å². The third-order valence-corrected chi connectivity index (χ3v) is 5.62. The zero-order valence-corrected chi connectivity index (χ0v) is 16.8. The molecule has 2 aromatic carbocycles. The predicted octanol–water partition coefficient (Wildman–Crippen LogP) is 5.68. The standard InChI is InChI=1S/C19H12ClF4N3O2S/c1-30-9-25-8-16(30)27-18(29)14-7-13(2-3-15(14)20)26-17(28)10-4-11(19(22,23)24)6-12(21)5-10/h2-9H,1H3,(H-,26,27,28,29)/p+1. The van der Waals surface area contributed by atoms with E-state index in [4.69, 9.17) is 11.6 Å². The number of hydrogen-bond donors (Lipinski definition) is 2. The maximum Gasteiger partial charge on any atom is 0.416 e. The van der Waals surface area contributed by atoms with Crippen molar-refractivity contribution in [3.8, 4) is 0 Å². The molecule has 1 aromatic heterocycles. The molecular weight excluding hydrogens is 446 g/mol. The first-order valence-corrected chi connectivity index (χ1v) is 10.3. The van der Waals surface area contributed by atoms with Crippen molar-refractivity contribution >= 4 is 44.6 Å². The summed E-state index contributed by atoms with van der Waals surface area (Å²) < 4.78 is 52.1. The monoisotopic (exact) mass is 458 g/mol. The van der Waals surface area contributed by atoms with Crippen molar-refractivity contribution in [1.29, 1.82) is 0 Å². The molecule has 2 amide bonds. The SMILES string of the molecule is C[s+]1cncc1NC(=O)c1cc(NC(=O)c2cc(F)cc(C(F)(F)F)c2)ccc1Cl. The minimum Gasteiger partial charge on any atom is -0.322 e. The van der Waals surface area contributed by atoms with Gasteiger partial charge in [0.1, 0.15) is 18.3 Å². The Labute approximate surface area is 175 Å². The molecule has 0 saturated heterocycles. The third-order valence-electron chi connectivity index (χ3n) is 3.95. The summed E-state index contributed by atoms with van der Waals surface area (Å²) in [6.45, 7) is 0. The number of benzene rings is 2. The molecule has 0 fully saturated rings. The highest BCUT2D eigenvalue weighted by atomic mass is 35.5. The van der Waals surface area contributed by atoms with E-state index in [0.29, 0.717) is 23.2 Å². The number of rotatable bonds is 4. The molecule has 3 aromatic rings. The van der Waals surface area contributed by atoms with Crippen LogP contribution in [0.2, 0.25) is 5.02 Å². The minimum absolute atomic E-state index is 0.0366. The lowest BCUT2D eigenvalue weighted by atomic mass is 10.1. The van der Waals surface area contributed by atoms with Crippen LogP contribution in [-0.2, 0) is 12.4 Å². The first-order chi connectivity index (χ1) is 14.0. The van der Waals surface area contributed by atoms with Crippen LogP contribution in [0.25, 0.3) is 0 Å². The van der Waals surface area contributed by atoms with Crippen LogP contribution in [0.3, 0.4) is 0 Å². The van der Waals surface area contributed by atoms with Gasteiger partial charge in [-0.1, -0.05) is 11.6 Å². The molecule has 0 aliphatic carbocycles. The summed E-state index contributed by atoms with van der Waals surface area (Å²) in [6, 6.07) is 5.50. The highest BCUT2D eigenvalue weighted by Gasteiger charge is 2.32. The van der Waals surface area contributed by atoms with Gasteiger partial charge in [0, 0.05) is 21.7 Å². The van der Waals surface area contributed by atoms with Gasteiger partial charge in [-0.3, -0.25) is 14.9 Å². The number of hydrogen-bond acceptors (Lipinski definition) is 3. The van der Waals surface area contributed by atoms with Crippen LogP contribution in [0.4, 0.5) is 28.3 Å². The lowest BCUT2D eigenvalue weighted by molar-refractivity contribution is -0.137. The predicted molar refractivity (Wildman–Crippen MR) is 106 cm³/mol. The number of amides is 2. The number of halogens is 5. The van der Waals surface area contributed by atoms with E-state index in [2.05, 4.69) is 15.6 Å². The van der Waals surface area contributed by atoms with E-state index < -0.39 is 34.9 Å². The zero-order valence-electron chi connectivity index (χ0n) is 15.2. The summed E-state index contributed by atoms with van der Waals surface area (Å²) >= 11 is 6.06. The number of aromatic nitrogens is 1. The van der Waals surface area contributed by atoms with Crippen LogP contribution in [0.5, 0.6) is 0 Å². The average Bonchev–Trinajstić information content (AvgIpc) is 3.06. The van der Waals surface area contributed by atoms with Gasteiger partial charge >= 0.3 is 6.18 Å². The smallest absolute Gasteiger partial charge is 0.322 e. The van der Waals surface area contributed by atoms with Crippen LogP contribution >= 0.6 is 22.1 Å². The van der Waals surface area contributed by atoms with Crippen molar-refractivity contribution in [3.63, 3.8) is 0 Å². The topological polar surface area (TPSA) is 71.1 Å². The van der Waals surface area contributed by atoms with E-state index in [1.165, 1.54) is 24.4 Å². The molecule has 5 nitrogen and oxygen atoms in total. The van der Waals surface area contributed by atoms with Gasteiger partial charge in [-0.15, -0.1) is 0 Å². The van der Waals surface area contributed by atoms with E-state index in [-0.39, 0.29) is 26.7 Å². The largest absolute Gasteiger partial charge is 0.416 e. The highest BCUT2D eigenvalue weighted by molar-refractivity contribution is 7.31. The average molecular weight is 459 g/mol. The van der Waals surface area contributed by atoms with E-state index in [1.807, 2.05) is 6.26 Å². The summed E-state index contributed by atoms with van der Waals surface area (Å²) in [5.74, 6) is -2.72. The van der Waals surface area contributed by atoms with Gasteiger partial charge in [0.25, 0.3) is 16.8 Å². The van der Waals surface area contributed by atoms with Gasteiger partial charge in [0.05, 0.1) is 16.1 Å². The quantitative estimate of drug-likeness (QED) is 0.390. The Morgan fingerprint density at radius 2 is 1.80 bits per heavy atom. The van der Waals surface area contributed by atoms with E-state index >= 15 is 0 Å². The molecule has 1 atom stereocenters. The summed E-state index contributed by atoms with van der Waals surface area (Å²) in [6.07, 6.45) is -1.45. The summed E-state index contributed by atoms with van der Waals surface area (Å²) in [7, 11) is -0.366. The molecule has 30 heavy (non-hydrogen) atoms. The van der Waals surface area contributed by atoms with E-state index in [0.717, 1.165) is 0 Å². The van der Waals surface area contributed by atoms with Gasteiger partial charge in [-0.2, -0.15) is 13.2 Å². The zero-order chi connectivity index (χ0) is 22.1. The van der Waals surface area contributed by atoms with Gasteiger partial charge in [0.2, 0.25) is 5.51 Å². The molecule has 0 aliphatic heterocycles. The second-order valence-corrected chi connectivity index (χ2v) is 8.31.